The summed E-state index contributed by atoms with van der Waals surface area (Å²) in [6.45, 7) is 8.84. The van der Waals surface area contributed by atoms with E-state index in [4.69, 9.17) is 9.47 Å². The van der Waals surface area contributed by atoms with E-state index < -0.39 is 0 Å². The highest BCUT2D eigenvalue weighted by atomic mass is 16.5. The fourth-order valence-electron chi connectivity index (χ4n) is 2.23. The van der Waals surface area contributed by atoms with Crippen LogP contribution in [0.25, 0.3) is 0 Å². The quantitative estimate of drug-likeness (QED) is 0.890. The molecular formula is C15H23NO2. The third-order valence-electron chi connectivity index (χ3n) is 3.57. The average molecular weight is 249 g/mol. The van der Waals surface area contributed by atoms with Gasteiger partial charge in [-0.3, -0.25) is 0 Å². The molecule has 3 nitrogen and oxygen atoms in total. The van der Waals surface area contributed by atoms with Crippen LogP contribution in [0.2, 0.25) is 0 Å². The third-order valence-corrected chi connectivity index (χ3v) is 3.57. The number of hydrogen-bond donors (Lipinski definition) is 1. The molecule has 0 saturated carbocycles. The Balaban J connectivity index is 2.06. The highest BCUT2D eigenvalue weighted by Gasteiger charge is 2.31. The van der Waals surface area contributed by atoms with Crippen LogP contribution in [0.4, 0.5) is 0 Å². The first-order valence-electron chi connectivity index (χ1n) is 6.78. The topological polar surface area (TPSA) is 30.5 Å². The minimum Gasteiger partial charge on any atom is -0.494 e. The first-order valence-corrected chi connectivity index (χ1v) is 6.78. The van der Waals surface area contributed by atoms with E-state index in [1.54, 1.807) is 0 Å². The van der Waals surface area contributed by atoms with Gasteiger partial charge in [-0.05, 0) is 38.0 Å². The van der Waals surface area contributed by atoms with Crippen molar-refractivity contribution in [3.05, 3.63) is 29.8 Å². The summed E-state index contributed by atoms with van der Waals surface area (Å²) in [6.07, 6.45) is 1.16. The predicted octanol–water partition coefficient (Wildman–Crippen LogP) is 2.91. The normalized spacial score (nSPS) is 28.1. The molecule has 1 fully saturated rings. The number of hydrogen-bond acceptors (Lipinski definition) is 3. The lowest BCUT2D eigenvalue weighted by Crippen LogP contribution is -2.48. The molecule has 1 saturated heterocycles. The predicted molar refractivity (Wildman–Crippen MR) is 73.0 cm³/mol. The first-order chi connectivity index (χ1) is 8.67. The summed E-state index contributed by atoms with van der Waals surface area (Å²) in [6, 6.07) is 8.22. The van der Waals surface area contributed by atoms with E-state index in [1.165, 1.54) is 5.56 Å². The van der Waals surface area contributed by atoms with E-state index in [0.29, 0.717) is 6.61 Å². The highest BCUT2D eigenvalue weighted by molar-refractivity contribution is 5.29. The maximum absolute atomic E-state index is 6.21. The Labute approximate surface area is 109 Å². The number of morpholine rings is 1. The molecule has 2 unspecified atom stereocenters. The van der Waals surface area contributed by atoms with Crippen LogP contribution < -0.4 is 10.1 Å². The summed E-state index contributed by atoms with van der Waals surface area (Å²) < 4.78 is 11.7. The van der Waals surface area contributed by atoms with Crippen molar-refractivity contribution >= 4 is 0 Å². The molecule has 0 bridgehead atoms. The lowest BCUT2D eigenvalue weighted by atomic mass is 9.98. The van der Waals surface area contributed by atoms with Crippen molar-refractivity contribution in [2.24, 2.45) is 0 Å². The van der Waals surface area contributed by atoms with Crippen molar-refractivity contribution in [2.75, 3.05) is 19.7 Å². The summed E-state index contributed by atoms with van der Waals surface area (Å²) in [5.74, 6) is 0.920. The maximum atomic E-state index is 6.21. The molecule has 1 aromatic rings. The molecule has 2 rings (SSSR count). The Bertz CT molecular complexity index is 377. The van der Waals surface area contributed by atoms with Gasteiger partial charge in [-0.2, -0.15) is 0 Å². The molecule has 2 atom stereocenters. The van der Waals surface area contributed by atoms with E-state index in [0.717, 1.165) is 25.3 Å². The van der Waals surface area contributed by atoms with Crippen molar-refractivity contribution in [3.63, 3.8) is 0 Å². The van der Waals surface area contributed by atoms with Gasteiger partial charge in [-0.25, -0.2) is 0 Å². The van der Waals surface area contributed by atoms with Gasteiger partial charge in [0.1, 0.15) is 5.75 Å². The summed E-state index contributed by atoms with van der Waals surface area (Å²) in [7, 11) is 0. The van der Waals surface area contributed by atoms with Crippen molar-refractivity contribution in [1.82, 2.24) is 5.32 Å². The van der Waals surface area contributed by atoms with Gasteiger partial charge in [0.05, 0.1) is 18.3 Å². The van der Waals surface area contributed by atoms with E-state index >= 15 is 0 Å². The maximum Gasteiger partial charge on any atom is 0.119 e. The summed E-state index contributed by atoms with van der Waals surface area (Å²) >= 11 is 0. The first kappa shape index (κ1) is 13.4. The lowest BCUT2D eigenvalue weighted by molar-refractivity contribution is -0.109. The number of ether oxygens (including phenoxy) is 2. The number of nitrogens with one attached hydrogen (secondary N) is 1. The van der Waals surface area contributed by atoms with Gasteiger partial charge in [0.2, 0.25) is 0 Å². The van der Waals surface area contributed by atoms with Crippen LogP contribution >= 0.6 is 0 Å². The van der Waals surface area contributed by atoms with Crippen LogP contribution in [0, 0.1) is 0 Å². The number of benzene rings is 1. The summed E-state index contributed by atoms with van der Waals surface area (Å²) in [5.41, 5.74) is 1.16. The Morgan fingerprint density at radius 2 is 2.06 bits per heavy atom. The SMILES string of the molecule is CCOc1ccc(C2CNCC(C)(CC)O2)cc1. The van der Waals surface area contributed by atoms with Crippen molar-refractivity contribution in [3.8, 4) is 5.75 Å². The third kappa shape index (κ3) is 3.03. The molecule has 18 heavy (non-hydrogen) atoms. The van der Waals surface area contributed by atoms with Gasteiger partial charge < -0.3 is 14.8 Å². The molecule has 0 spiro atoms. The second kappa shape index (κ2) is 5.72. The van der Waals surface area contributed by atoms with Crippen LogP contribution in [-0.4, -0.2) is 25.3 Å². The van der Waals surface area contributed by atoms with Crippen molar-refractivity contribution < 1.29 is 9.47 Å². The smallest absolute Gasteiger partial charge is 0.119 e. The Hall–Kier alpha value is -1.06. The van der Waals surface area contributed by atoms with Gasteiger partial charge in [-0.15, -0.1) is 0 Å². The van der Waals surface area contributed by atoms with Crippen LogP contribution in [0.5, 0.6) is 5.75 Å². The standard InChI is InChI=1S/C15H23NO2/c1-4-15(3)11-16-10-14(18-15)12-6-8-13(9-7-12)17-5-2/h6-9,14,16H,4-5,10-11H2,1-3H3. The van der Waals surface area contributed by atoms with Crippen LogP contribution in [0.1, 0.15) is 38.9 Å². The Morgan fingerprint density at radius 1 is 1.33 bits per heavy atom. The molecule has 1 aromatic carbocycles. The molecule has 1 aliphatic heterocycles. The largest absolute Gasteiger partial charge is 0.494 e. The fourth-order valence-corrected chi connectivity index (χ4v) is 2.23. The van der Waals surface area contributed by atoms with Gasteiger partial charge in [-0.1, -0.05) is 19.1 Å². The zero-order valence-electron chi connectivity index (χ0n) is 11.5. The molecule has 3 heteroatoms. The van der Waals surface area contributed by atoms with Gasteiger partial charge >= 0.3 is 0 Å². The van der Waals surface area contributed by atoms with Crippen molar-refractivity contribution in [2.45, 2.75) is 38.9 Å². The summed E-state index contributed by atoms with van der Waals surface area (Å²) in [4.78, 5) is 0. The van der Waals surface area contributed by atoms with Crippen LogP contribution in [-0.2, 0) is 4.74 Å². The molecule has 0 radical (unpaired) electrons. The highest BCUT2D eigenvalue weighted by Crippen LogP contribution is 2.29. The molecule has 1 aliphatic rings. The summed E-state index contributed by atoms with van der Waals surface area (Å²) in [5, 5.41) is 3.46. The molecular weight excluding hydrogens is 226 g/mol. The molecule has 0 aliphatic carbocycles. The minimum atomic E-state index is -0.0541. The lowest BCUT2D eigenvalue weighted by Gasteiger charge is -2.39. The molecule has 100 valence electrons. The number of rotatable bonds is 4. The zero-order chi connectivity index (χ0) is 13.0. The van der Waals surface area contributed by atoms with Crippen LogP contribution in [0.15, 0.2) is 24.3 Å². The van der Waals surface area contributed by atoms with E-state index in [-0.39, 0.29) is 11.7 Å². The van der Waals surface area contributed by atoms with Gasteiger partial charge in [0.15, 0.2) is 0 Å². The Morgan fingerprint density at radius 3 is 2.67 bits per heavy atom. The van der Waals surface area contributed by atoms with Gasteiger partial charge in [0, 0.05) is 13.1 Å². The zero-order valence-corrected chi connectivity index (χ0v) is 11.5. The fraction of sp³-hybridized carbons (Fsp3) is 0.600. The van der Waals surface area contributed by atoms with E-state index in [9.17, 15) is 0 Å². The minimum absolute atomic E-state index is 0.0541. The van der Waals surface area contributed by atoms with Gasteiger partial charge in [0.25, 0.3) is 0 Å². The molecule has 1 N–H and O–H groups in total. The van der Waals surface area contributed by atoms with E-state index in [2.05, 4.69) is 31.3 Å². The molecule has 0 aromatic heterocycles. The van der Waals surface area contributed by atoms with Crippen LogP contribution in [0.3, 0.4) is 0 Å². The average Bonchev–Trinajstić information content (AvgIpc) is 2.40. The molecule has 0 amide bonds. The van der Waals surface area contributed by atoms with Crippen molar-refractivity contribution in [1.29, 1.82) is 0 Å². The van der Waals surface area contributed by atoms with E-state index in [1.807, 2.05) is 19.1 Å². The monoisotopic (exact) mass is 249 g/mol. The molecule has 1 heterocycles. The second-order valence-electron chi connectivity index (χ2n) is 5.04. The second-order valence-corrected chi connectivity index (χ2v) is 5.04. The Kier molecular flexibility index (Phi) is 4.25.